The highest BCUT2D eigenvalue weighted by Gasteiger charge is 2.43. The number of carbonyl (C=O) groups excluding carboxylic acids is 1. The molecule has 3 atom stereocenters. The number of H-pyrrole nitrogens is 1. The van der Waals surface area contributed by atoms with Gasteiger partial charge in [-0.1, -0.05) is 19.8 Å². The summed E-state index contributed by atoms with van der Waals surface area (Å²) in [6.07, 6.45) is 4.05. The predicted molar refractivity (Wildman–Crippen MR) is 74.5 cm³/mol. The first-order valence-corrected chi connectivity index (χ1v) is 7.10. The Bertz CT molecular complexity index is 504. The third-order valence-electron chi connectivity index (χ3n) is 3.95. The Balaban J connectivity index is 2.00. The van der Waals surface area contributed by atoms with Gasteiger partial charge < -0.3 is 15.7 Å². The average Bonchev–Trinajstić information content (AvgIpc) is 2.92. The second-order valence-corrected chi connectivity index (χ2v) is 5.78. The lowest BCUT2D eigenvalue weighted by molar-refractivity contribution is -0.146. The van der Waals surface area contributed by atoms with Crippen LogP contribution >= 0.6 is 0 Å². The minimum atomic E-state index is -1.18. The van der Waals surface area contributed by atoms with Crippen molar-refractivity contribution < 1.29 is 14.7 Å². The van der Waals surface area contributed by atoms with E-state index in [2.05, 4.69) is 25.8 Å². The molecule has 1 saturated carbocycles. The number of hydrogen-bond acceptors (Lipinski definition) is 4. The van der Waals surface area contributed by atoms with Crippen molar-refractivity contribution >= 4 is 12.0 Å². The fourth-order valence-electron chi connectivity index (χ4n) is 2.85. The second kappa shape index (κ2) is 6.11. The Labute approximate surface area is 122 Å². The van der Waals surface area contributed by atoms with E-state index in [0.29, 0.717) is 18.7 Å². The number of urea groups is 1. The van der Waals surface area contributed by atoms with Gasteiger partial charge in [0.15, 0.2) is 0 Å². The normalized spacial score (nSPS) is 26.9. The van der Waals surface area contributed by atoms with E-state index in [1.807, 2.05) is 6.92 Å². The lowest BCUT2D eigenvalue weighted by atomic mass is 9.76. The predicted octanol–water partition coefficient (Wildman–Crippen LogP) is 1.20. The molecule has 8 nitrogen and oxygen atoms in total. The van der Waals surface area contributed by atoms with Crippen molar-refractivity contribution in [3.63, 3.8) is 0 Å². The molecule has 4 N–H and O–H groups in total. The van der Waals surface area contributed by atoms with Gasteiger partial charge in [0.1, 0.15) is 17.7 Å². The number of aromatic nitrogens is 3. The number of aliphatic carboxylic acids is 1. The average molecular weight is 295 g/mol. The molecule has 2 amide bonds. The summed E-state index contributed by atoms with van der Waals surface area (Å²) in [6.45, 7) is 3.75. The lowest BCUT2D eigenvalue weighted by Gasteiger charge is -2.37. The van der Waals surface area contributed by atoms with Gasteiger partial charge >= 0.3 is 12.0 Å². The molecule has 8 heteroatoms. The van der Waals surface area contributed by atoms with Gasteiger partial charge in [0.25, 0.3) is 0 Å². The monoisotopic (exact) mass is 295 g/mol. The van der Waals surface area contributed by atoms with Crippen LogP contribution in [0.2, 0.25) is 0 Å². The Morgan fingerprint density at radius 1 is 1.57 bits per heavy atom. The van der Waals surface area contributed by atoms with E-state index in [0.717, 1.165) is 12.8 Å². The fraction of sp³-hybridized carbons (Fsp3) is 0.692. The molecule has 1 aliphatic rings. The van der Waals surface area contributed by atoms with Gasteiger partial charge in [0, 0.05) is 0 Å². The maximum atomic E-state index is 12.1. The van der Waals surface area contributed by atoms with E-state index in [-0.39, 0.29) is 12.0 Å². The van der Waals surface area contributed by atoms with Gasteiger partial charge in [-0.05, 0) is 25.7 Å². The van der Waals surface area contributed by atoms with Gasteiger partial charge in [-0.3, -0.25) is 5.10 Å². The molecule has 2 rings (SSSR count). The molecule has 1 aromatic heterocycles. The number of carboxylic acid groups (broad SMARTS) is 1. The zero-order chi connectivity index (χ0) is 15.5. The van der Waals surface area contributed by atoms with E-state index >= 15 is 0 Å². The highest BCUT2D eigenvalue weighted by atomic mass is 16.4. The zero-order valence-corrected chi connectivity index (χ0v) is 12.2. The summed E-state index contributed by atoms with van der Waals surface area (Å²) in [7, 11) is 0. The van der Waals surface area contributed by atoms with Crippen molar-refractivity contribution in [2.75, 3.05) is 0 Å². The van der Waals surface area contributed by atoms with E-state index < -0.39 is 17.5 Å². The van der Waals surface area contributed by atoms with Crippen LogP contribution in [0, 0.1) is 5.92 Å². The van der Waals surface area contributed by atoms with Crippen LogP contribution in [0.3, 0.4) is 0 Å². The van der Waals surface area contributed by atoms with E-state index in [4.69, 9.17) is 0 Å². The number of carbonyl (C=O) groups is 2. The fourth-order valence-corrected chi connectivity index (χ4v) is 2.85. The smallest absolute Gasteiger partial charge is 0.329 e. The van der Waals surface area contributed by atoms with Crippen LogP contribution in [-0.4, -0.2) is 37.8 Å². The Morgan fingerprint density at radius 2 is 2.33 bits per heavy atom. The minimum absolute atomic E-state index is 0.279. The molecule has 0 spiro atoms. The number of carboxylic acids is 1. The van der Waals surface area contributed by atoms with Crippen molar-refractivity contribution in [2.24, 2.45) is 5.92 Å². The van der Waals surface area contributed by atoms with Crippen molar-refractivity contribution in [3.05, 3.63) is 12.2 Å². The Kier molecular flexibility index (Phi) is 4.44. The molecule has 0 radical (unpaired) electrons. The molecule has 1 fully saturated rings. The van der Waals surface area contributed by atoms with Gasteiger partial charge in [0.05, 0.1) is 6.04 Å². The summed E-state index contributed by atoms with van der Waals surface area (Å²) in [4.78, 5) is 27.6. The van der Waals surface area contributed by atoms with Crippen LogP contribution in [0.15, 0.2) is 6.33 Å². The molecule has 21 heavy (non-hydrogen) atoms. The molecule has 0 aliphatic heterocycles. The highest BCUT2D eigenvalue weighted by Crippen LogP contribution is 2.32. The minimum Gasteiger partial charge on any atom is -0.480 e. The van der Waals surface area contributed by atoms with E-state index in [9.17, 15) is 14.7 Å². The van der Waals surface area contributed by atoms with Gasteiger partial charge in [-0.2, -0.15) is 5.10 Å². The second-order valence-electron chi connectivity index (χ2n) is 5.78. The first-order chi connectivity index (χ1) is 9.93. The maximum absolute atomic E-state index is 12.1. The summed E-state index contributed by atoms with van der Waals surface area (Å²) >= 11 is 0. The maximum Gasteiger partial charge on any atom is 0.329 e. The Morgan fingerprint density at radius 3 is 2.90 bits per heavy atom. The van der Waals surface area contributed by atoms with Crippen molar-refractivity contribution in [3.8, 4) is 0 Å². The molecule has 0 bridgehead atoms. The SMILES string of the molecule is CC1CCCC(NC(=O)NC(C)c2ncn[nH]2)(C(=O)O)C1. The molecule has 1 heterocycles. The number of nitrogens with zero attached hydrogens (tertiary/aromatic N) is 2. The summed E-state index contributed by atoms with van der Waals surface area (Å²) in [5.41, 5.74) is -1.18. The van der Waals surface area contributed by atoms with Gasteiger partial charge in [-0.25, -0.2) is 14.6 Å². The summed E-state index contributed by atoms with van der Waals surface area (Å²) < 4.78 is 0. The number of nitrogens with one attached hydrogen (secondary N) is 3. The number of hydrogen-bond donors (Lipinski definition) is 4. The molecule has 0 aromatic carbocycles. The van der Waals surface area contributed by atoms with Crippen LogP contribution in [-0.2, 0) is 4.79 Å². The van der Waals surface area contributed by atoms with Crippen LogP contribution in [0.5, 0.6) is 0 Å². The summed E-state index contributed by atoms with van der Waals surface area (Å²) in [5.74, 6) is -0.176. The van der Waals surface area contributed by atoms with Crippen LogP contribution in [0.25, 0.3) is 0 Å². The van der Waals surface area contributed by atoms with E-state index in [1.165, 1.54) is 6.33 Å². The van der Waals surface area contributed by atoms with Gasteiger partial charge in [0.2, 0.25) is 0 Å². The first-order valence-electron chi connectivity index (χ1n) is 7.10. The van der Waals surface area contributed by atoms with Crippen molar-refractivity contribution in [1.82, 2.24) is 25.8 Å². The van der Waals surface area contributed by atoms with Crippen molar-refractivity contribution in [2.45, 2.75) is 51.1 Å². The number of aromatic amines is 1. The van der Waals surface area contributed by atoms with Crippen LogP contribution in [0.1, 0.15) is 51.4 Å². The molecule has 0 saturated heterocycles. The van der Waals surface area contributed by atoms with Crippen molar-refractivity contribution in [1.29, 1.82) is 0 Å². The molecule has 3 unspecified atom stereocenters. The zero-order valence-electron chi connectivity index (χ0n) is 12.2. The molecule has 116 valence electrons. The highest BCUT2D eigenvalue weighted by molar-refractivity contribution is 5.86. The third kappa shape index (κ3) is 3.50. The largest absolute Gasteiger partial charge is 0.480 e. The quantitative estimate of drug-likeness (QED) is 0.665. The molecular weight excluding hydrogens is 274 g/mol. The molecular formula is C13H21N5O3. The van der Waals surface area contributed by atoms with E-state index in [1.54, 1.807) is 6.92 Å². The third-order valence-corrected chi connectivity index (χ3v) is 3.95. The molecule has 1 aromatic rings. The summed E-state index contributed by atoms with van der Waals surface area (Å²) in [5, 5.41) is 21.2. The number of amides is 2. The lowest BCUT2D eigenvalue weighted by Crippen LogP contribution is -2.59. The number of rotatable bonds is 4. The van der Waals surface area contributed by atoms with Crippen LogP contribution < -0.4 is 10.6 Å². The topological polar surface area (TPSA) is 120 Å². The van der Waals surface area contributed by atoms with Gasteiger partial charge in [-0.15, -0.1) is 0 Å². The summed E-state index contributed by atoms with van der Waals surface area (Å²) in [6, 6.07) is -0.880. The Hall–Kier alpha value is -2.12. The standard InChI is InChI=1S/C13H21N5O3/c1-8-4-3-5-13(6-8,11(19)20)17-12(21)16-9(2)10-14-7-15-18-10/h7-9H,3-6H2,1-2H3,(H,19,20)(H,14,15,18)(H2,16,17,21). The van der Waals surface area contributed by atoms with Crippen LogP contribution in [0.4, 0.5) is 4.79 Å². The first kappa shape index (κ1) is 15.3. The molecule has 1 aliphatic carbocycles.